The Bertz CT molecular complexity index is 538. The molecule has 0 aromatic heterocycles. The molecule has 0 saturated heterocycles. The van der Waals surface area contributed by atoms with Gasteiger partial charge < -0.3 is 19.8 Å². The lowest BCUT2D eigenvalue weighted by atomic mass is 9.82. The van der Waals surface area contributed by atoms with E-state index in [-0.39, 0.29) is 23.7 Å². The summed E-state index contributed by atoms with van der Waals surface area (Å²) in [5.74, 6) is 0.767. The lowest BCUT2D eigenvalue weighted by Gasteiger charge is -2.36. The first-order valence-corrected chi connectivity index (χ1v) is 8.88. The highest BCUT2D eigenvalue weighted by molar-refractivity contribution is 5.51. The molecule has 2 aliphatic rings. The van der Waals surface area contributed by atoms with Crippen molar-refractivity contribution in [2.75, 3.05) is 20.6 Å². The van der Waals surface area contributed by atoms with Gasteiger partial charge in [0.1, 0.15) is 0 Å². The number of phenolic OH excluding ortho intramolecular Hbond substituents is 2. The monoisotopic (exact) mass is 319 g/mol. The zero-order chi connectivity index (χ0) is 16.4. The summed E-state index contributed by atoms with van der Waals surface area (Å²) in [4.78, 5) is 2.11. The third-order valence-electron chi connectivity index (χ3n) is 5.29. The van der Waals surface area contributed by atoms with Gasteiger partial charge in [0.25, 0.3) is 0 Å². The first-order valence-electron chi connectivity index (χ1n) is 8.88. The predicted molar refractivity (Wildman–Crippen MR) is 90.8 cm³/mol. The van der Waals surface area contributed by atoms with Gasteiger partial charge in [0, 0.05) is 18.5 Å². The van der Waals surface area contributed by atoms with Crippen molar-refractivity contribution in [3.05, 3.63) is 23.3 Å². The van der Waals surface area contributed by atoms with Crippen LogP contribution >= 0.6 is 0 Å². The molecule has 1 aliphatic carbocycles. The molecule has 0 amide bonds. The van der Waals surface area contributed by atoms with Crippen LogP contribution in [0.3, 0.4) is 0 Å². The second-order valence-electron chi connectivity index (χ2n) is 7.45. The number of phenols is 2. The maximum atomic E-state index is 10.3. The highest BCUT2D eigenvalue weighted by Gasteiger charge is 2.32. The van der Waals surface area contributed by atoms with Crippen molar-refractivity contribution in [3.63, 3.8) is 0 Å². The Morgan fingerprint density at radius 3 is 2.57 bits per heavy atom. The van der Waals surface area contributed by atoms with Crippen LogP contribution in [0, 0.1) is 5.92 Å². The largest absolute Gasteiger partial charge is 0.504 e. The van der Waals surface area contributed by atoms with E-state index in [2.05, 4.69) is 4.90 Å². The molecule has 1 saturated carbocycles. The van der Waals surface area contributed by atoms with Crippen LogP contribution in [-0.4, -0.2) is 41.9 Å². The summed E-state index contributed by atoms with van der Waals surface area (Å²) >= 11 is 0. The molecule has 2 atom stereocenters. The van der Waals surface area contributed by atoms with E-state index in [9.17, 15) is 10.2 Å². The molecular weight excluding hydrogens is 290 g/mol. The lowest BCUT2D eigenvalue weighted by molar-refractivity contribution is -0.0490. The van der Waals surface area contributed by atoms with E-state index in [0.717, 1.165) is 30.0 Å². The molecule has 1 aliphatic heterocycles. The summed E-state index contributed by atoms with van der Waals surface area (Å²) in [6.45, 7) is 0.790. The topological polar surface area (TPSA) is 52.9 Å². The van der Waals surface area contributed by atoms with Gasteiger partial charge >= 0.3 is 0 Å². The van der Waals surface area contributed by atoms with Crippen LogP contribution in [0.4, 0.5) is 0 Å². The second-order valence-corrected chi connectivity index (χ2v) is 7.45. The molecule has 2 unspecified atom stereocenters. The molecule has 0 bridgehead atoms. The Labute approximate surface area is 139 Å². The summed E-state index contributed by atoms with van der Waals surface area (Å²) in [5, 5.41) is 20.1. The van der Waals surface area contributed by atoms with Gasteiger partial charge in [-0.1, -0.05) is 38.2 Å². The number of ether oxygens (including phenoxy) is 1. The summed E-state index contributed by atoms with van der Waals surface area (Å²) in [7, 11) is 4.07. The molecule has 1 aromatic carbocycles. The number of nitrogens with zero attached hydrogens (tertiary/aromatic N) is 1. The first-order chi connectivity index (χ1) is 11.0. The fourth-order valence-corrected chi connectivity index (χ4v) is 4.14. The second kappa shape index (κ2) is 7.10. The highest BCUT2D eigenvalue weighted by Crippen LogP contribution is 2.42. The van der Waals surface area contributed by atoms with E-state index in [0.29, 0.717) is 6.42 Å². The quantitative estimate of drug-likeness (QED) is 0.833. The van der Waals surface area contributed by atoms with Gasteiger partial charge in [-0.2, -0.15) is 0 Å². The van der Waals surface area contributed by atoms with Gasteiger partial charge in [-0.15, -0.1) is 0 Å². The summed E-state index contributed by atoms with van der Waals surface area (Å²) < 4.78 is 6.39. The number of benzene rings is 1. The number of aromatic hydroxyl groups is 2. The normalized spacial score (nSPS) is 25.5. The Balaban J connectivity index is 1.80. The zero-order valence-corrected chi connectivity index (χ0v) is 14.3. The van der Waals surface area contributed by atoms with Crippen LogP contribution in [0.5, 0.6) is 11.5 Å². The molecule has 1 heterocycles. The summed E-state index contributed by atoms with van der Waals surface area (Å²) in [6, 6.07) is 3.47. The van der Waals surface area contributed by atoms with Crippen molar-refractivity contribution in [3.8, 4) is 11.5 Å². The molecule has 4 nitrogen and oxygen atoms in total. The van der Waals surface area contributed by atoms with Crippen molar-refractivity contribution in [2.24, 2.45) is 5.92 Å². The molecule has 128 valence electrons. The van der Waals surface area contributed by atoms with Crippen LogP contribution in [0.15, 0.2) is 12.1 Å². The Morgan fingerprint density at radius 2 is 1.87 bits per heavy atom. The molecule has 23 heavy (non-hydrogen) atoms. The van der Waals surface area contributed by atoms with Crippen molar-refractivity contribution >= 4 is 0 Å². The number of rotatable bonds is 4. The van der Waals surface area contributed by atoms with Crippen molar-refractivity contribution in [1.29, 1.82) is 0 Å². The average Bonchev–Trinajstić information content (AvgIpc) is 2.52. The van der Waals surface area contributed by atoms with Crippen molar-refractivity contribution in [2.45, 2.75) is 57.2 Å². The first kappa shape index (κ1) is 16.6. The molecule has 0 radical (unpaired) electrons. The molecular formula is C19H29NO3. The van der Waals surface area contributed by atoms with Gasteiger partial charge in [0.05, 0.1) is 12.2 Å². The zero-order valence-electron chi connectivity index (χ0n) is 14.3. The molecule has 3 rings (SSSR count). The average molecular weight is 319 g/mol. The highest BCUT2D eigenvalue weighted by atomic mass is 16.5. The molecule has 2 N–H and O–H groups in total. The van der Waals surface area contributed by atoms with Gasteiger partial charge in [0.15, 0.2) is 11.5 Å². The standard InChI is InChI=1S/C19H29NO3/c1-20(2)12-18-15-8-9-17(21)19(22)16(15)11-14(23-18)10-13-6-4-3-5-7-13/h8-9,13-14,18,21-22H,3-7,10-12H2,1-2H3. The summed E-state index contributed by atoms with van der Waals surface area (Å²) in [5.41, 5.74) is 1.90. The molecule has 1 fully saturated rings. The summed E-state index contributed by atoms with van der Waals surface area (Å²) in [6.07, 6.45) is 8.52. The minimum atomic E-state index is -0.0335. The van der Waals surface area contributed by atoms with Gasteiger partial charge in [-0.3, -0.25) is 0 Å². The van der Waals surface area contributed by atoms with E-state index in [4.69, 9.17) is 4.74 Å². The maximum Gasteiger partial charge on any atom is 0.161 e. The van der Waals surface area contributed by atoms with Crippen molar-refractivity contribution < 1.29 is 14.9 Å². The SMILES string of the molecule is CN(C)CC1OC(CC2CCCCC2)Cc2c1ccc(O)c2O. The third-order valence-corrected chi connectivity index (χ3v) is 5.29. The fraction of sp³-hybridized carbons (Fsp3) is 0.684. The van der Waals surface area contributed by atoms with Gasteiger partial charge in [0.2, 0.25) is 0 Å². The van der Waals surface area contributed by atoms with E-state index in [1.54, 1.807) is 6.07 Å². The van der Waals surface area contributed by atoms with E-state index in [1.165, 1.54) is 32.1 Å². The van der Waals surface area contributed by atoms with Gasteiger partial charge in [-0.25, -0.2) is 0 Å². The van der Waals surface area contributed by atoms with E-state index in [1.807, 2.05) is 20.2 Å². The minimum Gasteiger partial charge on any atom is -0.504 e. The number of hydrogen-bond acceptors (Lipinski definition) is 4. The number of likely N-dealkylation sites (N-methyl/N-ethyl adjacent to an activating group) is 1. The van der Waals surface area contributed by atoms with Crippen LogP contribution in [0.25, 0.3) is 0 Å². The number of hydrogen-bond donors (Lipinski definition) is 2. The van der Waals surface area contributed by atoms with Crippen LogP contribution < -0.4 is 0 Å². The van der Waals surface area contributed by atoms with Crippen LogP contribution in [-0.2, 0) is 11.2 Å². The fourth-order valence-electron chi connectivity index (χ4n) is 4.14. The smallest absolute Gasteiger partial charge is 0.161 e. The number of fused-ring (bicyclic) bond motifs is 1. The Kier molecular flexibility index (Phi) is 5.12. The van der Waals surface area contributed by atoms with E-state index < -0.39 is 0 Å². The predicted octanol–water partition coefficient (Wildman–Crippen LogP) is 3.61. The minimum absolute atomic E-state index is 0.0225. The lowest BCUT2D eigenvalue weighted by Crippen LogP contribution is -2.33. The Hall–Kier alpha value is -1.26. The van der Waals surface area contributed by atoms with Crippen molar-refractivity contribution in [1.82, 2.24) is 4.90 Å². The van der Waals surface area contributed by atoms with E-state index >= 15 is 0 Å². The Morgan fingerprint density at radius 1 is 1.13 bits per heavy atom. The van der Waals surface area contributed by atoms with Gasteiger partial charge in [-0.05, 0) is 38.1 Å². The molecule has 0 spiro atoms. The van der Waals surface area contributed by atoms with Crippen LogP contribution in [0.2, 0.25) is 0 Å². The maximum absolute atomic E-state index is 10.3. The van der Waals surface area contributed by atoms with Crippen LogP contribution in [0.1, 0.15) is 55.8 Å². The molecule has 4 heteroatoms. The third kappa shape index (κ3) is 3.81. The molecule has 1 aromatic rings.